The van der Waals surface area contributed by atoms with Crippen LogP contribution in [0.3, 0.4) is 0 Å². The molecule has 28 heavy (non-hydrogen) atoms. The number of hydrogen-bond acceptors (Lipinski definition) is 3. The molecule has 0 saturated carbocycles. The second kappa shape index (κ2) is 9.02. The molecule has 2 amide bonds. The van der Waals surface area contributed by atoms with Crippen molar-refractivity contribution in [1.29, 1.82) is 0 Å². The molecule has 0 aliphatic carbocycles. The van der Waals surface area contributed by atoms with Crippen LogP contribution in [0.15, 0.2) is 54.6 Å². The fourth-order valence-corrected chi connectivity index (χ4v) is 3.74. The normalized spacial score (nSPS) is 17.4. The largest absolute Gasteiger partial charge is 0.353 e. The average molecular weight is 380 g/mol. The van der Waals surface area contributed by atoms with Gasteiger partial charge in [-0.25, -0.2) is 0 Å². The summed E-state index contributed by atoms with van der Waals surface area (Å²) < 4.78 is 0. The van der Waals surface area contributed by atoms with Gasteiger partial charge in [-0.05, 0) is 36.2 Å². The highest BCUT2D eigenvalue weighted by Crippen LogP contribution is 2.20. The van der Waals surface area contributed by atoms with Gasteiger partial charge in [0.05, 0.1) is 12.5 Å². The molecule has 0 aromatic heterocycles. The quantitative estimate of drug-likeness (QED) is 0.753. The zero-order chi connectivity index (χ0) is 20.1. The van der Waals surface area contributed by atoms with Gasteiger partial charge in [0.2, 0.25) is 11.8 Å². The van der Waals surface area contributed by atoms with Crippen LogP contribution in [0, 0.1) is 0 Å². The molecular weight excluding hydrogens is 350 g/mol. The smallest absolute Gasteiger partial charge is 0.237 e. The number of piperazine rings is 1. The Balaban J connectivity index is 1.75. The van der Waals surface area contributed by atoms with Gasteiger partial charge in [0.25, 0.3) is 0 Å². The average Bonchev–Trinajstić information content (AvgIpc) is 2.68. The van der Waals surface area contributed by atoms with Gasteiger partial charge in [-0.3, -0.25) is 14.5 Å². The Hall–Kier alpha value is -2.66. The monoisotopic (exact) mass is 379 g/mol. The molecule has 5 nitrogen and oxygen atoms in total. The van der Waals surface area contributed by atoms with Gasteiger partial charge in [0, 0.05) is 32.7 Å². The van der Waals surface area contributed by atoms with Crippen molar-refractivity contribution in [3.8, 4) is 0 Å². The standard InChI is InChI=1S/C23H29N3O2/c1-4-25(15-17(2)3)22(27)14-21-23(28)24-11-12-26(21)16-18-9-10-19-7-5-6-8-20(19)13-18/h5-10,13,21H,2,4,11-12,14-16H2,1,3H3,(H,24,28)/t21-/m1/s1. The van der Waals surface area contributed by atoms with Gasteiger partial charge in [-0.15, -0.1) is 0 Å². The van der Waals surface area contributed by atoms with Crippen molar-refractivity contribution in [3.05, 3.63) is 60.2 Å². The Morgan fingerprint density at radius 3 is 2.71 bits per heavy atom. The topological polar surface area (TPSA) is 52.7 Å². The van der Waals surface area contributed by atoms with Gasteiger partial charge in [-0.2, -0.15) is 0 Å². The van der Waals surface area contributed by atoms with E-state index in [0.717, 1.165) is 17.7 Å². The number of nitrogens with zero attached hydrogens (tertiary/aromatic N) is 2. The molecule has 3 rings (SSSR count). The van der Waals surface area contributed by atoms with Gasteiger partial charge in [0.15, 0.2) is 0 Å². The van der Waals surface area contributed by atoms with Crippen LogP contribution in [0.5, 0.6) is 0 Å². The molecule has 0 radical (unpaired) electrons. The van der Waals surface area contributed by atoms with Crippen LogP contribution in [0.25, 0.3) is 10.8 Å². The second-order valence-electron chi connectivity index (χ2n) is 7.53. The second-order valence-corrected chi connectivity index (χ2v) is 7.53. The molecule has 2 aromatic carbocycles. The summed E-state index contributed by atoms with van der Waals surface area (Å²) in [6, 6.07) is 14.2. The predicted molar refractivity (Wildman–Crippen MR) is 113 cm³/mol. The zero-order valence-corrected chi connectivity index (χ0v) is 16.8. The van der Waals surface area contributed by atoms with Gasteiger partial charge >= 0.3 is 0 Å². The number of carbonyl (C=O) groups is 2. The van der Waals surface area contributed by atoms with E-state index in [-0.39, 0.29) is 18.2 Å². The number of benzene rings is 2. The lowest BCUT2D eigenvalue weighted by molar-refractivity contribution is -0.138. The van der Waals surface area contributed by atoms with E-state index >= 15 is 0 Å². The third-order valence-electron chi connectivity index (χ3n) is 5.20. The summed E-state index contributed by atoms with van der Waals surface area (Å²) in [5.41, 5.74) is 2.09. The van der Waals surface area contributed by atoms with E-state index in [1.807, 2.05) is 26.0 Å². The molecule has 1 saturated heterocycles. The molecule has 0 spiro atoms. The summed E-state index contributed by atoms with van der Waals surface area (Å²) in [4.78, 5) is 29.2. The van der Waals surface area contributed by atoms with Crippen LogP contribution in [-0.2, 0) is 16.1 Å². The van der Waals surface area contributed by atoms with Gasteiger partial charge in [-0.1, -0.05) is 48.6 Å². The predicted octanol–water partition coefficient (Wildman–Crippen LogP) is 2.95. The first-order valence-electron chi connectivity index (χ1n) is 9.89. The van der Waals surface area contributed by atoms with Crippen molar-refractivity contribution in [2.75, 3.05) is 26.2 Å². The number of nitrogens with one attached hydrogen (secondary N) is 1. The molecule has 1 N–H and O–H groups in total. The van der Waals surface area contributed by atoms with Crippen LogP contribution in [0.1, 0.15) is 25.8 Å². The molecule has 1 atom stereocenters. The molecule has 1 heterocycles. The number of rotatable bonds is 7. The van der Waals surface area contributed by atoms with E-state index in [4.69, 9.17) is 0 Å². The third kappa shape index (κ3) is 4.78. The minimum atomic E-state index is -0.438. The SMILES string of the molecule is C=C(C)CN(CC)C(=O)C[C@@H]1C(=O)NCCN1Cc1ccc2ccccc2c1. The summed E-state index contributed by atoms with van der Waals surface area (Å²) in [6.45, 7) is 10.9. The lowest BCUT2D eigenvalue weighted by Crippen LogP contribution is -2.56. The Bertz CT molecular complexity index is 877. The molecule has 1 aliphatic heterocycles. The number of hydrogen-bond donors (Lipinski definition) is 1. The van der Waals surface area contributed by atoms with Crippen molar-refractivity contribution >= 4 is 22.6 Å². The molecule has 148 valence electrons. The van der Waals surface area contributed by atoms with Crippen LogP contribution < -0.4 is 5.32 Å². The van der Waals surface area contributed by atoms with E-state index < -0.39 is 6.04 Å². The highest BCUT2D eigenvalue weighted by molar-refractivity contribution is 5.89. The van der Waals surface area contributed by atoms with E-state index in [0.29, 0.717) is 26.2 Å². The molecular formula is C23H29N3O2. The van der Waals surface area contributed by atoms with Crippen LogP contribution in [0.2, 0.25) is 0 Å². The maximum Gasteiger partial charge on any atom is 0.237 e. The minimum absolute atomic E-state index is 0.00365. The van der Waals surface area contributed by atoms with Crippen molar-refractivity contribution in [2.45, 2.75) is 32.9 Å². The molecule has 2 aromatic rings. The van der Waals surface area contributed by atoms with Gasteiger partial charge < -0.3 is 10.2 Å². The first kappa shape index (κ1) is 20.1. The molecule has 0 bridgehead atoms. The first-order valence-corrected chi connectivity index (χ1v) is 9.89. The van der Waals surface area contributed by atoms with E-state index in [1.54, 1.807) is 4.90 Å². The zero-order valence-electron chi connectivity index (χ0n) is 16.8. The number of fused-ring (bicyclic) bond motifs is 1. The van der Waals surface area contributed by atoms with E-state index in [1.165, 1.54) is 10.8 Å². The van der Waals surface area contributed by atoms with Crippen LogP contribution in [0.4, 0.5) is 0 Å². The van der Waals surface area contributed by atoms with E-state index in [9.17, 15) is 9.59 Å². The summed E-state index contributed by atoms with van der Waals surface area (Å²) in [5, 5.41) is 5.30. The Morgan fingerprint density at radius 2 is 2.00 bits per heavy atom. The van der Waals surface area contributed by atoms with Crippen molar-refractivity contribution in [3.63, 3.8) is 0 Å². The number of likely N-dealkylation sites (N-methyl/N-ethyl adjacent to an activating group) is 1. The molecule has 1 aliphatic rings. The van der Waals surface area contributed by atoms with Crippen molar-refractivity contribution in [2.24, 2.45) is 0 Å². The Kier molecular flexibility index (Phi) is 6.47. The van der Waals surface area contributed by atoms with Crippen molar-refractivity contribution < 1.29 is 9.59 Å². The summed E-state index contributed by atoms with van der Waals surface area (Å²) >= 11 is 0. The third-order valence-corrected chi connectivity index (χ3v) is 5.20. The first-order chi connectivity index (χ1) is 13.5. The molecule has 1 fully saturated rings. The summed E-state index contributed by atoms with van der Waals surface area (Å²) in [6.07, 6.45) is 0.195. The molecule has 5 heteroatoms. The Morgan fingerprint density at radius 1 is 1.25 bits per heavy atom. The minimum Gasteiger partial charge on any atom is -0.353 e. The maximum atomic E-state index is 12.8. The lowest BCUT2D eigenvalue weighted by Gasteiger charge is -2.35. The maximum absolute atomic E-state index is 12.8. The fraction of sp³-hybridized carbons (Fsp3) is 0.391. The summed E-state index contributed by atoms with van der Waals surface area (Å²) in [7, 11) is 0. The number of carbonyl (C=O) groups excluding carboxylic acids is 2. The molecule has 0 unspecified atom stereocenters. The van der Waals surface area contributed by atoms with Gasteiger partial charge in [0.1, 0.15) is 0 Å². The Labute approximate surface area is 167 Å². The fourth-order valence-electron chi connectivity index (χ4n) is 3.74. The highest BCUT2D eigenvalue weighted by Gasteiger charge is 2.32. The summed E-state index contributed by atoms with van der Waals surface area (Å²) in [5.74, 6) is -0.0668. The van der Waals surface area contributed by atoms with Crippen LogP contribution >= 0.6 is 0 Å². The van der Waals surface area contributed by atoms with Crippen LogP contribution in [-0.4, -0.2) is 53.8 Å². The van der Waals surface area contributed by atoms with Crippen molar-refractivity contribution in [1.82, 2.24) is 15.1 Å². The highest BCUT2D eigenvalue weighted by atomic mass is 16.2. The number of amides is 2. The lowest BCUT2D eigenvalue weighted by atomic mass is 10.0. The van der Waals surface area contributed by atoms with E-state index in [2.05, 4.69) is 47.1 Å².